The zero-order valence-electron chi connectivity index (χ0n) is 14.4. The third-order valence-corrected chi connectivity index (χ3v) is 5.05. The van der Waals surface area contributed by atoms with Crippen LogP contribution < -0.4 is 10.5 Å². The van der Waals surface area contributed by atoms with E-state index in [-0.39, 0.29) is 10.5 Å². The van der Waals surface area contributed by atoms with Gasteiger partial charge in [-0.05, 0) is 31.0 Å². The fraction of sp³-hybridized carbons (Fsp3) is 0.375. The molecule has 130 valence electrons. The minimum absolute atomic E-state index is 0.0670. The number of benzene rings is 1. The lowest BCUT2D eigenvalue weighted by molar-refractivity contribution is 0.103. The summed E-state index contributed by atoms with van der Waals surface area (Å²) in [4.78, 5) is 26.6. The number of hydrogen-bond acceptors (Lipinski definition) is 5. The van der Waals surface area contributed by atoms with E-state index in [4.69, 9.17) is 0 Å². The molecule has 7 nitrogen and oxygen atoms in total. The Kier molecular flexibility index (Phi) is 4.70. The zero-order chi connectivity index (χ0) is 18.2. The van der Waals surface area contributed by atoms with Crippen molar-refractivity contribution in [3.05, 3.63) is 44.9 Å². The average molecular weight is 351 g/mol. The van der Waals surface area contributed by atoms with E-state index in [1.807, 2.05) is 6.92 Å². The van der Waals surface area contributed by atoms with Crippen molar-refractivity contribution in [2.45, 2.75) is 25.2 Å². The molecule has 0 radical (unpaired) electrons. The molecule has 2 N–H and O–H groups in total. The van der Waals surface area contributed by atoms with Gasteiger partial charge < -0.3 is 10.00 Å². The van der Waals surface area contributed by atoms with Crippen molar-refractivity contribution < 1.29 is 13.2 Å². The van der Waals surface area contributed by atoms with Gasteiger partial charge in [0.2, 0.25) is 5.78 Å². The van der Waals surface area contributed by atoms with E-state index in [9.17, 15) is 18.0 Å². The normalized spacial score (nSPS) is 11.5. The monoisotopic (exact) mass is 351 g/mol. The summed E-state index contributed by atoms with van der Waals surface area (Å²) in [6.45, 7) is 3.52. The van der Waals surface area contributed by atoms with Gasteiger partial charge in [0.1, 0.15) is 5.56 Å². The van der Waals surface area contributed by atoms with Crippen molar-refractivity contribution >= 4 is 21.3 Å². The van der Waals surface area contributed by atoms with Crippen molar-refractivity contribution in [3.63, 3.8) is 0 Å². The number of aryl methyl sites for hydroxylation is 1. The summed E-state index contributed by atoms with van der Waals surface area (Å²) in [5, 5.41) is 5.13. The number of H-pyrrole nitrogens is 2. The maximum Gasteiger partial charge on any atom is 0.275 e. The van der Waals surface area contributed by atoms with Crippen molar-refractivity contribution in [1.82, 2.24) is 10.2 Å². The lowest BCUT2D eigenvalue weighted by atomic mass is 9.97. The van der Waals surface area contributed by atoms with Crippen molar-refractivity contribution in [2.24, 2.45) is 0 Å². The summed E-state index contributed by atoms with van der Waals surface area (Å²) in [5.41, 5.74) is 1.41. The third-order valence-electron chi connectivity index (χ3n) is 3.92. The van der Waals surface area contributed by atoms with Gasteiger partial charge in [-0.2, -0.15) is 0 Å². The Balaban J connectivity index is 2.73. The molecule has 0 aliphatic heterocycles. The topological polar surface area (TPSA) is 103 Å². The molecule has 0 amide bonds. The molecule has 0 unspecified atom stereocenters. The van der Waals surface area contributed by atoms with Gasteiger partial charge in [0.15, 0.2) is 9.84 Å². The van der Waals surface area contributed by atoms with Gasteiger partial charge in [0.25, 0.3) is 5.56 Å². The number of ketones is 1. The lowest BCUT2D eigenvalue weighted by Gasteiger charge is -2.21. The van der Waals surface area contributed by atoms with Crippen molar-refractivity contribution in [1.29, 1.82) is 0 Å². The number of nitrogens with zero attached hydrogens (tertiary/aromatic N) is 1. The molecule has 1 aromatic carbocycles. The highest BCUT2D eigenvalue weighted by atomic mass is 32.2. The third kappa shape index (κ3) is 3.01. The second-order valence-electron chi connectivity index (χ2n) is 5.87. The second-order valence-corrected chi connectivity index (χ2v) is 7.85. The van der Waals surface area contributed by atoms with Gasteiger partial charge in [-0.1, -0.05) is 6.92 Å². The number of carbonyl (C=O) groups excluding carboxylic acids is 1. The minimum atomic E-state index is -3.45. The summed E-state index contributed by atoms with van der Waals surface area (Å²) < 4.78 is 24.0. The average Bonchev–Trinajstić information content (AvgIpc) is 2.85. The van der Waals surface area contributed by atoms with Crippen LogP contribution in [-0.2, 0) is 16.3 Å². The summed E-state index contributed by atoms with van der Waals surface area (Å²) in [7, 11) is -0.0170. The highest BCUT2D eigenvalue weighted by molar-refractivity contribution is 7.90. The Morgan fingerprint density at radius 1 is 1.21 bits per heavy atom. The van der Waals surface area contributed by atoms with Crippen LogP contribution >= 0.6 is 0 Å². The molecule has 2 rings (SSSR count). The van der Waals surface area contributed by atoms with E-state index in [0.29, 0.717) is 28.9 Å². The maximum atomic E-state index is 12.9. The molecule has 1 heterocycles. The Bertz CT molecular complexity index is 952. The van der Waals surface area contributed by atoms with Crippen LogP contribution in [0.5, 0.6) is 0 Å². The van der Waals surface area contributed by atoms with Crippen LogP contribution in [-0.4, -0.2) is 44.7 Å². The van der Waals surface area contributed by atoms with Crippen LogP contribution in [0.1, 0.15) is 34.1 Å². The highest BCUT2D eigenvalue weighted by Crippen LogP contribution is 2.31. The van der Waals surface area contributed by atoms with Gasteiger partial charge in [0, 0.05) is 31.6 Å². The highest BCUT2D eigenvalue weighted by Gasteiger charge is 2.25. The quantitative estimate of drug-likeness (QED) is 0.790. The molecule has 0 atom stereocenters. The van der Waals surface area contributed by atoms with Crippen LogP contribution in [0.15, 0.2) is 21.8 Å². The summed E-state index contributed by atoms with van der Waals surface area (Å²) in [5.74, 6) is -0.421. The molecule has 0 bridgehead atoms. The first-order valence-electron chi connectivity index (χ1n) is 7.44. The summed E-state index contributed by atoms with van der Waals surface area (Å²) >= 11 is 0. The van der Waals surface area contributed by atoms with E-state index in [0.717, 1.165) is 6.26 Å². The standard InChI is InChI=1S/C16H21N3O4S/c1-6-11-13(16(21)18-17-11)15(20)10-7-8-12(24(5,22)23)14(9(10)2)19(3)4/h7-8H,6H2,1-5H3,(H2,17,18,21). The van der Waals surface area contributed by atoms with Crippen molar-refractivity contribution in [3.8, 4) is 0 Å². The molecule has 24 heavy (non-hydrogen) atoms. The smallest absolute Gasteiger partial charge is 0.275 e. The molecular weight excluding hydrogens is 330 g/mol. The molecule has 0 fully saturated rings. The molecule has 0 aliphatic rings. The number of rotatable bonds is 5. The zero-order valence-corrected chi connectivity index (χ0v) is 15.2. The molecule has 0 saturated carbocycles. The Labute approximate surface area is 140 Å². The molecule has 0 saturated heterocycles. The maximum absolute atomic E-state index is 12.9. The number of anilines is 1. The van der Waals surface area contributed by atoms with E-state index in [2.05, 4.69) is 10.2 Å². The minimum Gasteiger partial charge on any atom is -0.376 e. The first-order chi connectivity index (χ1) is 11.1. The van der Waals surface area contributed by atoms with E-state index in [1.54, 1.807) is 25.9 Å². The first kappa shape index (κ1) is 18.0. The van der Waals surface area contributed by atoms with Crippen LogP contribution in [0.25, 0.3) is 0 Å². The predicted octanol–water partition coefficient (Wildman–Crippen LogP) is 1.27. The predicted molar refractivity (Wildman–Crippen MR) is 92.8 cm³/mol. The fourth-order valence-corrected chi connectivity index (χ4v) is 3.81. The number of aromatic amines is 2. The molecule has 0 aliphatic carbocycles. The van der Waals surface area contributed by atoms with Crippen LogP contribution in [0.4, 0.5) is 5.69 Å². The van der Waals surface area contributed by atoms with Crippen LogP contribution in [0, 0.1) is 6.92 Å². The molecule has 2 aromatic rings. The summed E-state index contributed by atoms with van der Waals surface area (Å²) in [6.07, 6.45) is 1.63. The first-order valence-corrected chi connectivity index (χ1v) is 9.33. The van der Waals surface area contributed by atoms with E-state index in [1.165, 1.54) is 12.1 Å². The number of hydrogen-bond donors (Lipinski definition) is 2. The SMILES string of the molecule is CCc1[nH][nH]c(=O)c1C(=O)c1ccc(S(C)(=O)=O)c(N(C)C)c1C. The lowest BCUT2D eigenvalue weighted by Crippen LogP contribution is -2.20. The van der Waals surface area contributed by atoms with Gasteiger partial charge >= 0.3 is 0 Å². The molecule has 0 spiro atoms. The number of aromatic nitrogens is 2. The molecule has 8 heteroatoms. The van der Waals surface area contributed by atoms with Crippen LogP contribution in [0.3, 0.4) is 0 Å². The molecular formula is C16H21N3O4S. The number of carbonyl (C=O) groups is 1. The Morgan fingerprint density at radius 2 is 1.83 bits per heavy atom. The Hall–Kier alpha value is -2.35. The van der Waals surface area contributed by atoms with Crippen LogP contribution in [0.2, 0.25) is 0 Å². The fourth-order valence-electron chi connectivity index (χ4n) is 2.81. The van der Waals surface area contributed by atoms with E-state index >= 15 is 0 Å². The van der Waals surface area contributed by atoms with E-state index < -0.39 is 21.2 Å². The largest absolute Gasteiger partial charge is 0.376 e. The number of nitrogens with one attached hydrogen (secondary N) is 2. The summed E-state index contributed by atoms with van der Waals surface area (Å²) in [6, 6.07) is 2.88. The number of sulfone groups is 1. The van der Waals surface area contributed by atoms with Gasteiger partial charge in [0.05, 0.1) is 10.6 Å². The second kappa shape index (κ2) is 6.27. The van der Waals surface area contributed by atoms with Gasteiger partial charge in [-0.3, -0.25) is 14.7 Å². The molecule has 1 aromatic heterocycles. The Morgan fingerprint density at radius 3 is 2.33 bits per heavy atom. The van der Waals surface area contributed by atoms with Crippen molar-refractivity contribution in [2.75, 3.05) is 25.3 Å². The van der Waals surface area contributed by atoms with Gasteiger partial charge in [-0.25, -0.2) is 8.42 Å². The van der Waals surface area contributed by atoms with Gasteiger partial charge in [-0.15, -0.1) is 0 Å².